The number of hydrogen-bond donors (Lipinski definition) is 1. The van der Waals surface area contributed by atoms with E-state index in [0.29, 0.717) is 11.4 Å². The Morgan fingerprint density at radius 1 is 1.52 bits per heavy atom. The number of hydrogen-bond acceptors (Lipinski definition) is 3. The van der Waals surface area contributed by atoms with Gasteiger partial charge in [-0.25, -0.2) is 14.2 Å². The minimum absolute atomic E-state index is 0.114. The van der Waals surface area contributed by atoms with E-state index in [0.717, 1.165) is 0 Å². The van der Waals surface area contributed by atoms with E-state index in [4.69, 9.17) is 4.74 Å². The van der Waals surface area contributed by atoms with E-state index in [-0.39, 0.29) is 12.4 Å². The van der Waals surface area contributed by atoms with Gasteiger partial charge in [0.05, 0.1) is 0 Å². The fraction of sp³-hybridized carbons (Fsp3) is 0.200. The van der Waals surface area contributed by atoms with Crippen LogP contribution in [0.15, 0.2) is 49.3 Å². The molecule has 0 aliphatic carbocycles. The van der Waals surface area contributed by atoms with E-state index in [2.05, 4.69) is 16.9 Å². The van der Waals surface area contributed by atoms with Gasteiger partial charge in [0.1, 0.15) is 24.3 Å². The van der Waals surface area contributed by atoms with Gasteiger partial charge in [-0.1, -0.05) is 24.8 Å². The van der Waals surface area contributed by atoms with Gasteiger partial charge in [-0.3, -0.25) is 0 Å². The second-order valence-corrected chi connectivity index (χ2v) is 4.41. The highest BCUT2D eigenvalue weighted by molar-refractivity contribution is 5.68. The highest BCUT2D eigenvalue weighted by Gasteiger charge is 2.21. The van der Waals surface area contributed by atoms with Gasteiger partial charge in [-0.2, -0.15) is 0 Å². The first-order valence-corrected chi connectivity index (χ1v) is 6.38. The molecule has 2 rings (SSSR count). The number of alkyl carbamates (subject to hydrolysis) is 1. The zero-order valence-corrected chi connectivity index (χ0v) is 11.6. The Balaban J connectivity index is 2.26. The normalized spacial score (nSPS) is 11.7. The topological polar surface area (TPSA) is 56.1 Å². The number of aromatic nitrogens is 2. The minimum Gasteiger partial charge on any atom is -0.445 e. The molecule has 0 bridgehead atoms. The van der Waals surface area contributed by atoms with Crippen LogP contribution in [0.2, 0.25) is 0 Å². The first kappa shape index (κ1) is 14.8. The summed E-state index contributed by atoms with van der Waals surface area (Å²) in [6, 6.07) is 5.34. The van der Waals surface area contributed by atoms with Crippen LogP contribution in [0, 0.1) is 5.82 Å². The summed E-state index contributed by atoms with van der Waals surface area (Å²) < 4.78 is 19.8. The Bertz CT molecular complexity index is 622. The number of nitrogens with one attached hydrogen (secondary N) is 1. The van der Waals surface area contributed by atoms with Crippen molar-refractivity contribution in [1.82, 2.24) is 14.9 Å². The maximum absolute atomic E-state index is 13.1. The lowest BCUT2D eigenvalue weighted by Crippen LogP contribution is -2.31. The van der Waals surface area contributed by atoms with E-state index >= 15 is 0 Å². The third kappa shape index (κ3) is 3.68. The molecule has 1 atom stereocenters. The van der Waals surface area contributed by atoms with E-state index in [1.54, 1.807) is 29.1 Å². The van der Waals surface area contributed by atoms with Crippen molar-refractivity contribution >= 4 is 6.09 Å². The largest absolute Gasteiger partial charge is 0.445 e. The number of halogens is 1. The molecule has 1 N–H and O–H groups in total. The average molecular weight is 289 g/mol. The summed E-state index contributed by atoms with van der Waals surface area (Å²) in [6.45, 7) is 3.59. The Morgan fingerprint density at radius 2 is 2.24 bits per heavy atom. The van der Waals surface area contributed by atoms with Gasteiger partial charge >= 0.3 is 6.09 Å². The maximum atomic E-state index is 13.1. The van der Waals surface area contributed by atoms with Crippen LogP contribution in [0.5, 0.6) is 0 Å². The van der Waals surface area contributed by atoms with Crippen LogP contribution in [0.25, 0.3) is 0 Å². The molecular formula is C15H16FN3O2. The summed E-state index contributed by atoms with van der Waals surface area (Å²) in [5.41, 5.74) is 0.709. The third-order valence-electron chi connectivity index (χ3n) is 2.91. The lowest BCUT2D eigenvalue weighted by molar-refractivity contribution is 0.155. The smallest absolute Gasteiger partial charge is 0.408 e. The zero-order chi connectivity index (χ0) is 15.2. The molecule has 2 aromatic rings. The zero-order valence-electron chi connectivity index (χ0n) is 11.6. The molecule has 1 aromatic heterocycles. The van der Waals surface area contributed by atoms with Gasteiger partial charge in [-0.05, 0) is 17.7 Å². The molecule has 0 aliphatic rings. The molecule has 110 valence electrons. The minimum atomic E-state index is -0.591. The molecule has 0 spiro atoms. The van der Waals surface area contributed by atoms with Crippen molar-refractivity contribution in [3.05, 3.63) is 66.5 Å². The van der Waals surface area contributed by atoms with Crippen molar-refractivity contribution in [2.75, 3.05) is 6.61 Å². The highest BCUT2D eigenvalue weighted by Crippen LogP contribution is 2.20. The molecule has 1 unspecified atom stereocenters. The van der Waals surface area contributed by atoms with Crippen LogP contribution < -0.4 is 5.32 Å². The molecular weight excluding hydrogens is 273 g/mol. The van der Waals surface area contributed by atoms with Crippen molar-refractivity contribution in [1.29, 1.82) is 0 Å². The van der Waals surface area contributed by atoms with Gasteiger partial charge in [0.15, 0.2) is 0 Å². The number of amides is 1. The van der Waals surface area contributed by atoms with Gasteiger partial charge < -0.3 is 14.6 Å². The SMILES string of the molecule is C=CCOC(=O)NC(c1ccc(F)cc1)c1nccn1C. The van der Waals surface area contributed by atoms with E-state index < -0.39 is 12.1 Å². The molecule has 1 aromatic carbocycles. The second-order valence-electron chi connectivity index (χ2n) is 4.41. The number of aryl methyl sites for hydroxylation is 1. The number of rotatable bonds is 5. The molecule has 21 heavy (non-hydrogen) atoms. The molecule has 1 amide bonds. The van der Waals surface area contributed by atoms with Gasteiger partial charge in [0, 0.05) is 19.4 Å². The van der Waals surface area contributed by atoms with Gasteiger partial charge in [0.2, 0.25) is 0 Å². The number of imidazole rings is 1. The molecule has 0 aliphatic heterocycles. The summed E-state index contributed by atoms with van der Waals surface area (Å²) in [5.74, 6) is 0.281. The summed E-state index contributed by atoms with van der Waals surface area (Å²) in [4.78, 5) is 16.0. The first-order valence-electron chi connectivity index (χ1n) is 6.38. The van der Waals surface area contributed by atoms with E-state index in [1.165, 1.54) is 18.2 Å². The molecule has 0 saturated heterocycles. The molecule has 1 heterocycles. The first-order chi connectivity index (χ1) is 10.1. The third-order valence-corrected chi connectivity index (χ3v) is 2.91. The summed E-state index contributed by atoms with van der Waals surface area (Å²) in [5, 5.41) is 2.72. The number of nitrogens with zero attached hydrogens (tertiary/aromatic N) is 2. The molecule has 0 saturated carbocycles. The van der Waals surface area contributed by atoms with Crippen LogP contribution in [0.1, 0.15) is 17.4 Å². The predicted octanol–water partition coefficient (Wildman–Crippen LogP) is 2.56. The number of carbonyl (C=O) groups is 1. The Hall–Kier alpha value is -2.63. The van der Waals surface area contributed by atoms with Crippen molar-refractivity contribution in [2.24, 2.45) is 7.05 Å². The lowest BCUT2D eigenvalue weighted by atomic mass is 10.1. The van der Waals surface area contributed by atoms with Gasteiger partial charge in [0.25, 0.3) is 0 Å². The van der Waals surface area contributed by atoms with Crippen LogP contribution >= 0.6 is 0 Å². The highest BCUT2D eigenvalue weighted by atomic mass is 19.1. The summed E-state index contributed by atoms with van der Waals surface area (Å²) in [6.07, 6.45) is 4.28. The molecule has 0 radical (unpaired) electrons. The number of ether oxygens (including phenoxy) is 1. The van der Waals surface area contributed by atoms with Crippen molar-refractivity contribution in [3.8, 4) is 0 Å². The Morgan fingerprint density at radius 3 is 2.81 bits per heavy atom. The molecule has 6 heteroatoms. The van der Waals surface area contributed by atoms with Crippen molar-refractivity contribution in [3.63, 3.8) is 0 Å². The lowest BCUT2D eigenvalue weighted by Gasteiger charge is -2.18. The van der Waals surface area contributed by atoms with Crippen molar-refractivity contribution < 1.29 is 13.9 Å². The van der Waals surface area contributed by atoms with E-state index in [9.17, 15) is 9.18 Å². The summed E-state index contributed by atoms with van der Waals surface area (Å²) in [7, 11) is 1.82. The maximum Gasteiger partial charge on any atom is 0.408 e. The van der Waals surface area contributed by atoms with Crippen LogP contribution in [-0.2, 0) is 11.8 Å². The Labute approximate surface area is 122 Å². The monoisotopic (exact) mass is 289 g/mol. The average Bonchev–Trinajstić information content (AvgIpc) is 2.89. The summed E-state index contributed by atoms with van der Waals surface area (Å²) >= 11 is 0. The predicted molar refractivity (Wildman–Crippen MR) is 76.1 cm³/mol. The van der Waals surface area contributed by atoms with Crippen molar-refractivity contribution in [2.45, 2.75) is 6.04 Å². The quantitative estimate of drug-likeness (QED) is 0.861. The van der Waals surface area contributed by atoms with Gasteiger partial charge in [-0.15, -0.1) is 0 Å². The fourth-order valence-corrected chi connectivity index (χ4v) is 1.90. The number of benzene rings is 1. The van der Waals surface area contributed by atoms with Crippen LogP contribution in [-0.4, -0.2) is 22.3 Å². The van der Waals surface area contributed by atoms with E-state index in [1.807, 2.05) is 7.05 Å². The standard InChI is InChI=1S/C15H16FN3O2/c1-3-10-21-15(20)18-13(14-17-8-9-19(14)2)11-4-6-12(16)7-5-11/h3-9,13H,1,10H2,2H3,(H,18,20). The van der Waals surface area contributed by atoms with Crippen LogP contribution in [0.4, 0.5) is 9.18 Å². The molecule has 0 fully saturated rings. The van der Waals surface area contributed by atoms with Crippen LogP contribution in [0.3, 0.4) is 0 Å². The Kier molecular flexibility index (Phi) is 4.71. The number of carbonyl (C=O) groups excluding carboxylic acids is 1. The fourth-order valence-electron chi connectivity index (χ4n) is 1.90. The second kappa shape index (κ2) is 6.69. The molecule has 5 nitrogen and oxygen atoms in total.